The number of aromatic nitrogens is 1. The standard InChI is InChI=1S/C13H21N5O2/c1-10(9-18-5-7-20-8-6-18)16-13(19)11-3-2-4-15-12(11)17-14/h2-4,10H,5-9,14H2,1H3,(H,15,17)(H,16,19). The third kappa shape index (κ3) is 3.89. The van der Waals surface area contributed by atoms with Gasteiger partial charge in [-0.05, 0) is 19.1 Å². The summed E-state index contributed by atoms with van der Waals surface area (Å²) in [5.41, 5.74) is 2.88. The molecule has 1 aliphatic rings. The van der Waals surface area contributed by atoms with Gasteiger partial charge in [0, 0.05) is 31.9 Å². The molecule has 0 saturated carbocycles. The molecule has 1 fully saturated rings. The number of rotatable bonds is 5. The molecule has 1 saturated heterocycles. The normalized spacial score (nSPS) is 17.5. The van der Waals surface area contributed by atoms with E-state index in [2.05, 4.69) is 20.6 Å². The van der Waals surface area contributed by atoms with Crippen molar-refractivity contribution in [1.82, 2.24) is 15.2 Å². The van der Waals surface area contributed by atoms with Crippen LogP contribution in [0.5, 0.6) is 0 Å². The molecule has 2 heterocycles. The maximum Gasteiger partial charge on any atom is 0.255 e. The third-order valence-corrected chi connectivity index (χ3v) is 3.20. The summed E-state index contributed by atoms with van der Waals surface area (Å²) < 4.78 is 5.30. The van der Waals surface area contributed by atoms with Gasteiger partial charge in [-0.2, -0.15) is 0 Å². The molecule has 1 aliphatic heterocycles. The molecule has 7 heteroatoms. The molecule has 1 unspecified atom stereocenters. The lowest BCUT2D eigenvalue weighted by molar-refractivity contribution is 0.0342. The van der Waals surface area contributed by atoms with Crippen LogP contribution < -0.4 is 16.6 Å². The number of nitrogens with zero attached hydrogens (tertiary/aromatic N) is 2. The number of pyridine rings is 1. The van der Waals surface area contributed by atoms with Crippen LogP contribution in [0.15, 0.2) is 18.3 Å². The fraction of sp³-hybridized carbons (Fsp3) is 0.538. The first-order valence-electron chi connectivity index (χ1n) is 6.73. The van der Waals surface area contributed by atoms with Gasteiger partial charge in [0.1, 0.15) is 0 Å². The third-order valence-electron chi connectivity index (χ3n) is 3.20. The van der Waals surface area contributed by atoms with Gasteiger partial charge in [0.05, 0.1) is 18.8 Å². The lowest BCUT2D eigenvalue weighted by Crippen LogP contribution is -2.46. The molecule has 1 amide bonds. The topological polar surface area (TPSA) is 92.5 Å². The SMILES string of the molecule is CC(CN1CCOCC1)NC(=O)c1cccnc1NN. The fourth-order valence-electron chi connectivity index (χ4n) is 2.22. The van der Waals surface area contributed by atoms with Crippen LogP contribution in [-0.4, -0.2) is 54.7 Å². The van der Waals surface area contributed by atoms with Gasteiger partial charge < -0.3 is 15.5 Å². The number of morpholine rings is 1. The van der Waals surface area contributed by atoms with Crippen molar-refractivity contribution < 1.29 is 9.53 Å². The summed E-state index contributed by atoms with van der Waals surface area (Å²) in [7, 11) is 0. The molecule has 0 aromatic carbocycles. The van der Waals surface area contributed by atoms with Gasteiger partial charge in [-0.3, -0.25) is 9.69 Å². The number of nitrogens with one attached hydrogen (secondary N) is 2. The number of carbonyl (C=O) groups excluding carboxylic acids is 1. The van der Waals surface area contributed by atoms with Gasteiger partial charge in [-0.15, -0.1) is 0 Å². The Morgan fingerprint density at radius 1 is 1.55 bits per heavy atom. The molecule has 0 spiro atoms. The van der Waals surface area contributed by atoms with Crippen molar-refractivity contribution in [3.63, 3.8) is 0 Å². The van der Waals surface area contributed by atoms with Gasteiger partial charge in [-0.25, -0.2) is 10.8 Å². The molecule has 0 radical (unpaired) electrons. The molecular formula is C13H21N5O2. The molecular weight excluding hydrogens is 258 g/mol. The van der Waals surface area contributed by atoms with E-state index in [1.165, 1.54) is 0 Å². The molecule has 7 nitrogen and oxygen atoms in total. The van der Waals surface area contributed by atoms with E-state index in [1.807, 2.05) is 6.92 Å². The van der Waals surface area contributed by atoms with Gasteiger partial charge in [0.2, 0.25) is 0 Å². The Hall–Kier alpha value is -1.70. The largest absolute Gasteiger partial charge is 0.379 e. The van der Waals surface area contributed by atoms with Gasteiger partial charge in [0.25, 0.3) is 5.91 Å². The van der Waals surface area contributed by atoms with Crippen LogP contribution >= 0.6 is 0 Å². The zero-order valence-corrected chi connectivity index (χ0v) is 11.6. The van der Waals surface area contributed by atoms with Crippen LogP contribution in [0.1, 0.15) is 17.3 Å². The number of hydrazine groups is 1. The molecule has 20 heavy (non-hydrogen) atoms. The van der Waals surface area contributed by atoms with Crippen molar-refractivity contribution in [2.45, 2.75) is 13.0 Å². The number of nitrogen functional groups attached to an aromatic ring is 1. The van der Waals surface area contributed by atoms with E-state index in [-0.39, 0.29) is 11.9 Å². The summed E-state index contributed by atoms with van der Waals surface area (Å²) in [6, 6.07) is 3.45. The Balaban J connectivity index is 1.89. The highest BCUT2D eigenvalue weighted by atomic mass is 16.5. The van der Waals surface area contributed by atoms with Crippen LogP contribution in [0, 0.1) is 0 Å². The minimum absolute atomic E-state index is 0.0476. The predicted octanol–water partition coefficient (Wildman–Crippen LogP) is -0.182. The average molecular weight is 279 g/mol. The van der Waals surface area contributed by atoms with E-state index in [4.69, 9.17) is 10.6 Å². The highest BCUT2D eigenvalue weighted by Crippen LogP contribution is 2.10. The Kier molecular flexibility index (Phi) is 5.28. The van der Waals surface area contributed by atoms with Crippen LogP contribution in [0.25, 0.3) is 0 Å². The summed E-state index contributed by atoms with van der Waals surface area (Å²) in [4.78, 5) is 18.5. The van der Waals surface area contributed by atoms with Crippen LogP contribution in [0.4, 0.5) is 5.82 Å². The number of anilines is 1. The summed E-state index contributed by atoms with van der Waals surface area (Å²) >= 11 is 0. The first kappa shape index (κ1) is 14.7. The van der Waals surface area contributed by atoms with Crippen molar-refractivity contribution in [1.29, 1.82) is 0 Å². The second kappa shape index (κ2) is 7.18. The molecule has 4 N–H and O–H groups in total. The van der Waals surface area contributed by atoms with E-state index in [1.54, 1.807) is 18.3 Å². The maximum atomic E-state index is 12.2. The molecule has 0 bridgehead atoms. The highest BCUT2D eigenvalue weighted by Gasteiger charge is 2.17. The second-order valence-electron chi connectivity index (χ2n) is 4.83. The molecule has 1 atom stereocenters. The predicted molar refractivity (Wildman–Crippen MR) is 76.2 cm³/mol. The van der Waals surface area contributed by atoms with Gasteiger partial charge in [-0.1, -0.05) is 0 Å². The van der Waals surface area contributed by atoms with Crippen molar-refractivity contribution in [2.75, 3.05) is 38.3 Å². The second-order valence-corrected chi connectivity index (χ2v) is 4.83. The first-order chi connectivity index (χ1) is 9.70. The minimum Gasteiger partial charge on any atom is -0.379 e. The van der Waals surface area contributed by atoms with Crippen molar-refractivity contribution >= 4 is 11.7 Å². The zero-order chi connectivity index (χ0) is 14.4. The number of nitrogens with two attached hydrogens (primary N) is 1. The zero-order valence-electron chi connectivity index (χ0n) is 11.6. The lowest BCUT2D eigenvalue weighted by atomic mass is 10.2. The van der Waals surface area contributed by atoms with Crippen LogP contribution in [0.3, 0.4) is 0 Å². The van der Waals surface area contributed by atoms with Gasteiger partial charge in [0.15, 0.2) is 5.82 Å². The molecule has 0 aliphatic carbocycles. The average Bonchev–Trinajstić information content (AvgIpc) is 2.48. The summed E-state index contributed by atoms with van der Waals surface area (Å²) in [5.74, 6) is 5.56. The smallest absolute Gasteiger partial charge is 0.255 e. The van der Waals surface area contributed by atoms with Crippen molar-refractivity contribution in [3.05, 3.63) is 23.9 Å². The quantitative estimate of drug-likeness (QED) is 0.511. The Bertz CT molecular complexity index is 448. The van der Waals surface area contributed by atoms with E-state index in [9.17, 15) is 4.79 Å². The summed E-state index contributed by atoms with van der Waals surface area (Å²) in [6.45, 7) is 6.11. The van der Waals surface area contributed by atoms with Crippen molar-refractivity contribution in [3.8, 4) is 0 Å². The Morgan fingerprint density at radius 2 is 2.30 bits per heavy atom. The van der Waals surface area contributed by atoms with E-state index in [0.717, 1.165) is 32.8 Å². The lowest BCUT2D eigenvalue weighted by Gasteiger charge is -2.29. The molecule has 110 valence electrons. The molecule has 2 rings (SSSR count). The van der Waals surface area contributed by atoms with Crippen LogP contribution in [-0.2, 0) is 4.74 Å². The highest BCUT2D eigenvalue weighted by molar-refractivity contribution is 5.98. The minimum atomic E-state index is -0.174. The van der Waals surface area contributed by atoms with E-state index >= 15 is 0 Å². The Labute approximate surface area is 118 Å². The number of carbonyl (C=O) groups is 1. The van der Waals surface area contributed by atoms with Gasteiger partial charge >= 0.3 is 0 Å². The maximum absolute atomic E-state index is 12.2. The van der Waals surface area contributed by atoms with E-state index in [0.29, 0.717) is 11.4 Å². The number of ether oxygens (including phenoxy) is 1. The summed E-state index contributed by atoms with van der Waals surface area (Å²) in [5, 5.41) is 2.96. The molecule has 1 aromatic heterocycles. The number of hydrogen-bond donors (Lipinski definition) is 3. The summed E-state index contributed by atoms with van der Waals surface area (Å²) in [6.07, 6.45) is 1.59. The Morgan fingerprint density at radius 3 is 3.00 bits per heavy atom. The molecule has 1 aromatic rings. The number of amides is 1. The first-order valence-corrected chi connectivity index (χ1v) is 6.73. The van der Waals surface area contributed by atoms with Crippen molar-refractivity contribution in [2.24, 2.45) is 5.84 Å². The van der Waals surface area contributed by atoms with E-state index < -0.39 is 0 Å². The number of hydrogen-bond acceptors (Lipinski definition) is 6. The fourth-order valence-corrected chi connectivity index (χ4v) is 2.22. The van der Waals surface area contributed by atoms with Crippen LogP contribution in [0.2, 0.25) is 0 Å². The monoisotopic (exact) mass is 279 g/mol.